The van der Waals surface area contributed by atoms with Crippen LogP contribution < -0.4 is 0 Å². The third-order valence-corrected chi connectivity index (χ3v) is 5.79. The zero-order chi connectivity index (χ0) is 17.2. The second-order valence-corrected chi connectivity index (χ2v) is 7.90. The van der Waals surface area contributed by atoms with Crippen molar-refractivity contribution in [1.82, 2.24) is 19.6 Å². The summed E-state index contributed by atoms with van der Waals surface area (Å²) < 4.78 is 8.01. The minimum Gasteiger partial charge on any atom is -0.373 e. The minimum atomic E-state index is -0.00405. The number of nitrogens with zero attached hydrogens (tertiary/aromatic N) is 4. The summed E-state index contributed by atoms with van der Waals surface area (Å²) in [5, 5.41) is 4.35. The number of ether oxygens (including phenoxy) is 1. The number of carbonyl (C=O) groups excluding carboxylic acids is 1. The van der Waals surface area contributed by atoms with Crippen molar-refractivity contribution in [3.8, 4) is 0 Å². The number of rotatable bonds is 5. The molecule has 4 rings (SSSR count). The molecule has 1 aromatic heterocycles. The monoisotopic (exact) mass is 346 g/mol. The number of carbonyl (C=O) groups is 1. The maximum atomic E-state index is 12.9. The fourth-order valence-electron chi connectivity index (χ4n) is 4.24. The topological polar surface area (TPSA) is 50.6 Å². The molecule has 0 spiro atoms. The Morgan fingerprint density at radius 1 is 1.24 bits per heavy atom. The molecule has 25 heavy (non-hydrogen) atoms. The van der Waals surface area contributed by atoms with Crippen molar-refractivity contribution in [2.75, 3.05) is 32.8 Å². The summed E-state index contributed by atoms with van der Waals surface area (Å²) in [6.07, 6.45) is 11.0. The van der Waals surface area contributed by atoms with E-state index in [1.165, 1.54) is 32.1 Å². The van der Waals surface area contributed by atoms with Crippen molar-refractivity contribution in [3.05, 3.63) is 18.0 Å². The van der Waals surface area contributed by atoms with Gasteiger partial charge in [0.2, 0.25) is 5.91 Å². The molecule has 0 N–H and O–H groups in total. The Kier molecular flexibility index (Phi) is 5.08. The van der Waals surface area contributed by atoms with Gasteiger partial charge in [-0.25, -0.2) is 0 Å². The minimum absolute atomic E-state index is 0.00405. The van der Waals surface area contributed by atoms with Gasteiger partial charge in [-0.3, -0.25) is 9.48 Å². The van der Waals surface area contributed by atoms with Crippen LogP contribution in [0.2, 0.25) is 0 Å². The number of morpholine rings is 1. The third kappa shape index (κ3) is 4.06. The third-order valence-electron chi connectivity index (χ3n) is 5.79. The van der Waals surface area contributed by atoms with Gasteiger partial charge in [0.1, 0.15) is 0 Å². The van der Waals surface area contributed by atoms with Crippen LogP contribution >= 0.6 is 0 Å². The highest BCUT2D eigenvalue weighted by Crippen LogP contribution is 2.36. The molecule has 0 bridgehead atoms. The molecule has 2 aliphatic heterocycles. The van der Waals surface area contributed by atoms with Crippen molar-refractivity contribution < 1.29 is 9.53 Å². The summed E-state index contributed by atoms with van der Waals surface area (Å²) in [4.78, 5) is 17.5. The summed E-state index contributed by atoms with van der Waals surface area (Å²) in [5.74, 6) is 0.911. The molecule has 1 aromatic rings. The quantitative estimate of drug-likeness (QED) is 0.818. The number of hydrogen-bond donors (Lipinski definition) is 0. The first kappa shape index (κ1) is 17.0. The maximum Gasteiger partial charge on any atom is 0.223 e. The molecule has 1 aliphatic carbocycles. The molecule has 3 heterocycles. The summed E-state index contributed by atoms with van der Waals surface area (Å²) in [7, 11) is 1.93. The molecule has 3 aliphatic rings. The van der Waals surface area contributed by atoms with Crippen LogP contribution in [0.4, 0.5) is 0 Å². The van der Waals surface area contributed by atoms with Gasteiger partial charge in [-0.2, -0.15) is 5.10 Å². The van der Waals surface area contributed by atoms with Gasteiger partial charge in [0.25, 0.3) is 0 Å². The summed E-state index contributed by atoms with van der Waals surface area (Å²) >= 11 is 0. The standard InChI is InChI=1S/C19H30N4O2/c1-21-13-16(12-20-21)19-17(14-22-7-3-2-4-8-22)25-10-9-23(19)18(24)11-15-5-6-15/h12-13,15,17,19H,2-11,14H2,1H3/t17-,19-/m0/s1. The molecule has 0 radical (unpaired) electrons. The van der Waals surface area contributed by atoms with Crippen molar-refractivity contribution in [1.29, 1.82) is 0 Å². The Hall–Kier alpha value is -1.40. The van der Waals surface area contributed by atoms with Crippen LogP contribution in [0.25, 0.3) is 0 Å². The van der Waals surface area contributed by atoms with E-state index in [0.717, 1.165) is 25.2 Å². The summed E-state index contributed by atoms with van der Waals surface area (Å²) in [6.45, 7) is 4.55. The van der Waals surface area contributed by atoms with E-state index in [2.05, 4.69) is 14.9 Å². The van der Waals surface area contributed by atoms with Crippen molar-refractivity contribution in [3.63, 3.8) is 0 Å². The van der Waals surface area contributed by atoms with Crippen molar-refractivity contribution >= 4 is 5.91 Å². The van der Waals surface area contributed by atoms with Crippen LogP contribution in [0.1, 0.15) is 50.1 Å². The molecule has 0 unspecified atom stereocenters. The largest absolute Gasteiger partial charge is 0.373 e. The Labute approximate surface area is 150 Å². The van der Waals surface area contributed by atoms with Crippen LogP contribution in [0, 0.1) is 5.92 Å². The van der Waals surface area contributed by atoms with Crippen LogP contribution in [-0.2, 0) is 16.6 Å². The molecule has 1 amide bonds. The van der Waals surface area contributed by atoms with Gasteiger partial charge < -0.3 is 14.5 Å². The second kappa shape index (κ2) is 7.46. The van der Waals surface area contributed by atoms with Gasteiger partial charge in [-0.1, -0.05) is 6.42 Å². The lowest BCUT2D eigenvalue weighted by molar-refractivity contribution is -0.149. The number of aromatic nitrogens is 2. The smallest absolute Gasteiger partial charge is 0.223 e. The van der Waals surface area contributed by atoms with Crippen molar-refractivity contribution in [2.24, 2.45) is 13.0 Å². The first-order valence-electron chi connectivity index (χ1n) is 9.82. The van der Waals surface area contributed by atoms with Gasteiger partial charge in [0.05, 0.1) is 24.9 Å². The highest BCUT2D eigenvalue weighted by atomic mass is 16.5. The predicted molar refractivity (Wildman–Crippen MR) is 95.0 cm³/mol. The van der Waals surface area contributed by atoms with E-state index in [1.54, 1.807) is 0 Å². The number of hydrogen-bond acceptors (Lipinski definition) is 4. The van der Waals surface area contributed by atoms with E-state index in [1.807, 2.05) is 24.1 Å². The first-order valence-corrected chi connectivity index (χ1v) is 9.82. The van der Waals surface area contributed by atoms with Crippen LogP contribution in [0.3, 0.4) is 0 Å². The van der Waals surface area contributed by atoms with E-state index < -0.39 is 0 Å². The number of aryl methyl sites for hydroxylation is 1. The Bertz CT molecular complexity index is 592. The van der Waals surface area contributed by atoms with Gasteiger partial charge in [-0.05, 0) is 44.7 Å². The van der Waals surface area contributed by atoms with Crippen LogP contribution in [-0.4, -0.2) is 64.4 Å². The van der Waals surface area contributed by atoms with E-state index in [4.69, 9.17) is 4.74 Å². The Balaban J connectivity index is 1.53. The van der Waals surface area contributed by atoms with Crippen molar-refractivity contribution in [2.45, 2.75) is 50.7 Å². The number of piperidine rings is 1. The lowest BCUT2D eigenvalue weighted by Crippen LogP contribution is -2.52. The zero-order valence-electron chi connectivity index (χ0n) is 15.3. The first-order chi connectivity index (χ1) is 12.2. The molecule has 6 heteroatoms. The molecule has 3 fully saturated rings. The van der Waals surface area contributed by atoms with Crippen LogP contribution in [0.15, 0.2) is 12.4 Å². The summed E-state index contributed by atoms with van der Waals surface area (Å²) in [6, 6.07) is -0.00405. The molecule has 1 saturated carbocycles. The lowest BCUT2D eigenvalue weighted by atomic mass is 9.98. The van der Waals surface area contributed by atoms with Gasteiger partial charge in [0, 0.05) is 38.3 Å². The SMILES string of the molecule is Cn1cc([C@H]2[C@H](CN3CCCCC3)OCCN2C(=O)CC2CC2)cn1. The Morgan fingerprint density at radius 3 is 2.72 bits per heavy atom. The van der Waals surface area contributed by atoms with Gasteiger partial charge in [0.15, 0.2) is 0 Å². The molecular weight excluding hydrogens is 316 g/mol. The second-order valence-electron chi connectivity index (χ2n) is 7.90. The maximum absolute atomic E-state index is 12.9. The number of likely N-dealkylation sites (tertiary alicyclic amines) is 1. The van der Waals surface area contributed by atoms with E-state index in [9.17, 15) is 4.79 Å². The molecular formula is C19H30N4O2. The Morgan fingerprint density at radius 2 is 2.04 bits per heavy atom. The highest BCUT2D eigenvalue weighted by molar-refractivity contribution is 5.77. The van der Waals surface area contributed by atoms with Gasteiger partial charge >= 0.3 is 0 Å². The molecule has 2 atom stereocenters. The fraction of sp³-hybridized carbons (Fsp3) is 0.789. The molecule has 2 saturated heterocycles. The highest BCUT2D eigenvalue weighted by Gasteiger charge is 2.39. The van der Waals surface area contributed by atoms with E-state index in [-0.39, 0.29) is 12.1 Å². The predicted octanol–water partition coefficient (Wildman–Crippen LogP) is 1.97. The molecule has 6 nitrogen and oxygen atoms in total. The van der Waals surface area contributed by atoms with E-state index >= 15 is 0 Å². The average Bonchev–Trinajstić information content (AvgIpc) is 3.33. The average molecular weight is 346 g/mol. The number of amides is 1. The van der Waals surface area contributed by atoms with Gasteiger partial charge in [-0.15, -0.1) is 0 Å². The zero-order valence-corrected chi connectivity index (χ0v) is 15.3. The fourth-order valence-corrected chi connectivity index (χ4v) is 4.24. The normalized spacial score (nSPS) is 28.3. The van der Waals surface area contributed by atoms with E-state index in [0.29, 0.717) is 31.4 Å². The lowest BCUT2D eigenvalue weighted by Gasteiger charge is -2.43. The molecule has 138 valence electrons. The summed E-state index contributed by atoms with van der Waals surface area (Å²) in [5.41, 5.74) is 1.10. The van der Waals surface area contributed by atoms with Crippen LogP contribution in [0.5, 0.6) is 0 Å². The molecule has 0 aromatic carbocycles.